The van der Waals surface area contributed by atoms with Gasteiger partial charge in [0.05, 0.1) is 0 Å². The Labute approximate surface area is 116 Å². The Morgan fingerprint density at radius 2 is 2.11 bits per heavy atom. The fraction of sp³-hybridized carbons (Fsp3) is 0.688. The van der Waals surface area contributed by atoms with Crippen molar-refractivity contribution in [3.63, 3.8) is 0 Å². The van der Waals surface area contributed by atoms with Gasteiger partial charge in [-0.05, 0) is 43.2 Å². The maximum Gasteiger partial charge on any atom is 0.0482 e. The minimum atomic E-state index is 0.400. The second-order valence-corrected chi connectivity index (χ2v) is 6.21. The minimum absolute atomic E-state index is 0.400. The maximum absolute atomic E-state index is 5.86. The molecule has 0 spiro atoms. The number of hydrazine groups is 1. The molecule has 0 aromatic carbocycles. The number of aromatic nitrogens is 1. The highest BCUT2D eigenvalue weighted by Gasteiger charge is 2.30. The first-order valence-electron chi connectivity index (χ1n) is 7.78. The van der Waals surface area contributed by atoms with E-state index in [1.807, 2.05) is 6.20 Å². The Bertz CT molecular complexity index is 412. The summed E-state index contributed by atoms with van der Waals surface area (Å²) in [5, 5.41) is 0. The van der Waals surface area contributed by atoms with Crippen molar-refractivity contribution in [2.24, 2.45) is 11.8 Å². The molecule has 2 aliphatic carbocycles. The van der Waals surface area contributed by atoms with Gasteiger partial charge in [-0.1, -0.05) is 31.7 Å². The standard InChI is InChI=1S/C16H25N3/c17-19-15(11-12-5-1-2-6-12)14-9-3-7-13-8-4-10-18-16(13)14/h4,8,10,12,14-15,19H,1-3,5-7,9,11,17H2. The summed E-state index contributed by atoms with van der Waals surface area (Å²) in [7, 11) is 0. The van der Waals surface area contributed by atoms with Crippen molar-refractivity contribution in [3.05, 3.63) is 29.6 Å². The lowest BCUT2D eigenvalue weighted by Crippen LogP contribution is -2.42. The van der Waals surface area contributed by atoms with Crippen LogP contribution in [-0.4, -0.2) is 11.0 Å². The molecule has 2 aliphatic rings. The molecule has 104 valence electrons. The molecular formula is C16H25N3. The van der Waals surface area contributed by atoms with Gasteiger partial charge in [-0.25, -0.2) is 0 Å². The highest BCUT2D eigenvalue weighted by Crippen LogP contribution is 2.37. The number of nitrogens with two attached hydrogens (primary N) is 1. The first kappa shape index (κ1) is 13.1. The van der Waals surface area contributed by atoms with E-state index in [1.54, 1.807) is 0 Å². The smallest absolute Gasteiger partial charge is 0.0482 e. The average molecular weight is 259 g/mol. The van der Waals surface area contributed by atoms with Gasteiger partial charge in [0.25, 0.3) is 0 Å². The molecule has 3 rings (SSSR count). The number of nitrogens with one attached hydrogen (secondary N) is 1. The van der Waals surface area contributed by atoms with Crippen molar-refractivity contribution in [2.45, 2.75) is 63.3 Å². The van der Waals surface area contributed by atoms with Gasteiger partial charge in [-0.3, -0.25) is 16.3 Å². The number of rotatable bonds is 4. The molecule has 1 fully saturated rings. The second-order valence-electron chi connectivity index (χ2n) is 6.21. The van der Waals surface area contributed by atoms with E-state index >= 15 is 0 Å². The molecule has 1 saturated carbocycles. The van der Waals surface area contributed by atoms with E-state index in [2.05, 4.69) is 22.5 Å². The molecule has 0 aliphatic heterocycles. The van der Waals surface area contributed by atoms with Gasteiger partial charge in [0, 0.05) is 23.9 Å². The van der Waals surface area contributed by atoms with Crippen LogP contribution in [0.15, 0.2) is 18.3 Å². The van der Waals surface area contributed by atoms with Crippen LogP contribution in [0.5, 0.6) is 0 Å². The van der Waals surface area contributed by atoms with Crippen LogP contribution in [0.1, 0.15) is 62.1 Å². The van der Waals surface area contributed by atoms with Gasteiger partial charge in [0.1, 0.15) is 0 Å². The van der Waals surface area contributed by atoms with Crippen LogP contribution < -0.4 is 11.3 Å². The lowest BCUT2D eigenvalue weighted by Gasteiger charge is -2.32. The van der Waals surface area contributed by atoms with Crippen LogP contribution in [-0.2, 0) is 6.42 Å². The number of fused-ring (bicyclic) bond motifs is 1. The Morgan fingerprint density at radius 1 is 1.26 bits per heavy atom. The van der Waals surface area contributed by atoms with Crippen LogP contribution in [0, 0.1) is 5.92 Å². The molecule has 3 nitrogen and oxygen atoms in total. The summed E-state index contributed by atoms with van der Waals surface area (Å²) in [6, 6.07) is 4.69. The molecule has 0 bridgehead atoms. The van der Waals surface area contributed by atoms with E-state index in [1.165, 1.54) is 62.6 Å². The van der Waals surface area contributed by atoms with Crippen LogP contribution in [0.4, 0.5) is 0 Å². The summed E-state index contributed by atoms with van der Waals surface area (Å²) in [6.07, 6.45) is 12.4. The van der Waals surface area contributed by atoms with Crippen molar-refractivity contribution in [1.82, 2.24) is 10.4 Å². The van der Waals surface area contributed by atoms with E-state index in [-0.39, 0.29) is 0 Å². The van der Waals surface area contributed by atoms with Gasteiger partial charge in [-0.15, -0.1) is 0 Å². The van der Waals surface area contributed by atoms with Gasteiger partial charge in [0.2, 0.25) is 0 Å². The predicted molar refractivity (Wildman–Crippen MR) is 77.6 cm³/mol. The molecule has 1 aromatic rings. The average Bonchev–Trinajstić information content (AvgIpc) is 2.97. The van der Waals surface area contributed by atoms with Gasteiger partial charge in [-0.2, -0.15) is 0 Å². The lowest BCUT2D eigenvalue weighted by atomic mass is 9.79. The topological polar surface area (TPSA) is 50.9 Å². The largest absolute Gasteiger partial charge is 0.271 e. The number of hydrogen-bond acceptors (Lipinski definition) is 3. The Kier molecular flexibility index (Phi) is 4.14. The normalized spacial score (nSPS) is 25.2. The Balaban J connectivity index is 1.76. The summed E-state index contributed by atoms with van der Waals surface area (Å²) < 4.78 is 0. The summed E-state index contributed by atoms with van der Waals surface area (Å²) in [6.45, 7) is 0. The third-order valence-electron chi connectivity index (χ3n) is 5.00. The molecule has 0 amide bonds. The summed E-state index contributed by atoms with van der Waals surface area (Å²) in [5.74, 6) is 7.24. The molecule has 19 heavy (non-hydrogen) atoms. The van der Waals surface area contributed by atoms with Crippen LogP contribution >= 0.6 is 0 Å². The van der Waals surface area contributed by atoms with E-state index < -0.39 is 0 Å². The van der Waals surface area contributed by atoms with Crippen LogP contribution in [0.25, 0.3) is 0 Å². The van der Waals surface area contributed by atoms with Crippen molar-refractivity contribution in [3.8, 4) is 0 Å². The van der Waals surface area contributed by atoms with Crippen molar-refractivity contribution >= 4 is 0 Å². The minimum Gasteiger partial charge on any atom is -0.271 e. The highest BCUT2D eigenvalue weighted by molar-refractivity contribution is 5.27. The van der Waals surface area contributed by atoms with Crippen LogP contribution in [0.2, 0.25) is 0 Å². The quantitative estimate of drug-likeness (QED) is 0.645. The summed E-state index contributed by atoms with van der Waals surface area (Å²) in [4.78, 5) is 4.65. The lowest BCUT2D eigenvalue weighted by molar-refractivity contribution is 0.320. The molecule has 3 N–H and O–H groups in total. The maximum atomic E-state index is 5.86. The fourth-order valence-electron chi connectivity index (χ4n) is 3.99. The third-order valence-corrected chi connectivity index (χ3v) is 5.00. The van der Waals surface area contributed by atoms with Gasteiger partial charge < -0.3 is 0 Å². The van der Waals surface area contributed by atoms with Crippen LogP contribution in [0.3, 0.4) is 0 Å². The Hall–Kier alpha value is -0.930. The molecular weight excluding hydrogens is 234 g/mol. The summed E-state index contributed by atoms with van der Waals surface area (Å²) >= 11 is 0. The van der Waals surface area contributed by atoms with Gasteiger partial charge >= 0.3 is 0 Å². The number of aryl methyl sites for hydroxylation is 1. The first-order valence-corrected chi connectivity index (χ1v) is 7.78. The predicted octanol–water partition coefficient (Wildman–Crippen LogP) is 2.91. The molecule has 1 aromatic heterocycles. The number of nitrogens with zero attached hydrogens (tertiary/aromatic N) is 1. The van der Waals surface area contributed by atoms with E-state index in [9.17, 15) is 0 Å². The number of pyridine rings is 1. The SMILES string of the molecule is NNC(CC1CCCC1)C1CCCc2cccnc21. The molecule has 2 unspecified atom stereocenters. The number of hydrogen-bond donors (Lipinski definition) is 2. The monoisotopic (exact) mass is 259 g/mol. The van der Waals surface area contributed by atoms with Gasteiger partial charge in [0.15, 0.2) is 0 Å². The van der Waals surface area contributed by atoms with E-state index in [4.69, 9.17) is 5.84 Å². The molecule has 0 saturated heterocycles. The highest BCUT2D eigenvalue weighted by atomic mass is 15.2. The fourth-order valence-corrected chi connectivity index (χ4v) is 3.99. The first-order chi connectivity index (χ1) is 9.38. The van der Waals surface area contributed by atoms with E-state index in [0.29, 0.717) is 12.0 Å². The van der Waals surface area contributed by atoms with Crippen molar-refractivity contribution in [2.75, 3.05) is 0 Å². The molecule has 1 heterocycles. The van der Waals surface area contributed by atoms with Crippen molar-refractivity contribution in [1.29, 1.82) is 0 Å². The van der Waals surface area contributed by atoms with E-state index in [0.717, 1.165) is 5.92 Å². The third kappa shape index (κ3) is 2.82. The zero-order valence-electron chi connectivity index (χ0n) is 11.6. The summed E-state index contributed by atoms with van der Waals surface area (Å²) in [5.41, 5.74) is 5.84. The van der Waals surface area contributed by atoms with Crippen molar-refractivity contribution < 1.29 is 0 Å². The molecule has 3 heteroatoms. The zero-order chi connectivity index (χ0) is 13.1. The Morgan fingerprint density at radius 3 is 2.89 bits per heavy atom. The molecule has 0 radical (unpaired) electrons. The second kappa shape index (κ2) is 6.02. The molecule has 2 atom stereocenters. The zero-order valence-corrected chi connectivity index (χ0v) is 11.6.